The van der Waals surface area contributed by atoms with Gasteiger partial charge in [-0.25, -0.2) is 0 Å². The van der Waals surface area contributed by atoms with Crippen molar-refractivity contribution in [2.24, 2.45) is 0 Å². The molecule has 0 saturated heterocycles. The second kappa shape index (κ2) is 5.24. The third-order valence-electron chi connectivity index (χ3n) is 3.26. The summed E-state index contributed by atoms with van der Waals surface area (Å²) in [6.07, 6.45) is 3.18. The zero-order chi connectivity index (χ0) is 14.8. The van der Waals surface area contributed by atoms with Crippen LogP contribution in [0.1, 0.15) is 17.4 Å². The summed E-state index contributed by atoms with van der Waals surface area (Å²) in [5.41, 5.74) is 7.95. The lowest BCUT2D eigenvalue weighted by molar-refractivity contribution is 0.101. The fraction of sp³-hybridized carbons (Fsp3) is 0.133. The number of nitrogens with one attached hydrogen (secondary N) is 1. The van der Waals surface area contributed by atoms with E-state index in [1.807, 2.05) is 37.3 Å². The Hall–Kier alpha value is -2.89. The quantitative estimate of drug-likeness (QED) is 0.771. The minimum atomic E-state index is -0.287. The molecule has 0 aliphatic heterocycles. The van der Waals surface area contributed by atoms with Gasteiger partial charge in [-0.2, -0.15) is 5.10 Å². The standard InChI is InChI=1S/C15H15N5O/c1-2-20-14(11(16)9-18-20)15(21)19-12-7-3-5-10-6-4-8-17-13(10)12/h3-9H,2,16H2,1H3,(H,19,21). The average molecular weight is 281 g/mol. The molecule has 6 heteroatoms. The van der Waals surface area contributed by atoms with E-state index in [0.29, 0.717) is 23.6 Å². The van der Waals surface area contributed by atoms with Crippen molar-refractivity contribution in [3.05, 3.63) is 48.4 Å². The van der Waals surface area contributed by atoms with Gasteiger partial charge in [-0.1, -0.05) is 18.2 Å². The van der Waals surface area contributed by atoms with Gasteiger partial charge < -0.3 is 11.1 Å². The molecule has 3 rings (SSSR count). The monoisotopic (exact) mass is 281 g/mol. The number of hydrogen-bond acceptors (Lipinski definition) is 4. The van der Waals surface area contributed by atoms with Crippen LogP contribution in [0.2, 0.25) is 0 Å². The van der Waals surface area contributed by atoms with Crippen LogP contribution in [0.5, 0.6) is 0 Å². The van der Waals surface area contributed by atoms with Crippen LogP contribution in [0.4, 0.5) is 11.4 Å². The fourth-order valence-corrected chi connectivity index (χ4v) is 2.27. The number of nitrogens with two attached hydrogens (primary N) is 1. The van der Waals surface area contributed by atoms with E-state index < -0.39 is 0 Å². The van der Waals surface area contributed by atoms with E-state index in [0.717, 1.165) is 10.9 Å². The molecule has 3 N–H and O–H groups in total. The van der Waals surface area contributed by atoms with Crippen molar-refractivity contribution >= 4 is 28.2 Å². The van der Waals surface area contributed by atoms with Crippen LogP contribution in [0.15, 0.2) is 42.7 Å². The van der Waals surface area contributed by atoms with E-state index in [-0.39, 0.29) is 5.91 Å². The number of nitrogens with zero attached hydrogens (tertiary/aromatic N) is 3. The maximum absolute atomic E-state index is 12.4. The van der Waals surface area contributed by atoms with E-state index in [2.05, 4.69) is 15.4 Å². The molecule has 0 spiro atoms. The molecule has 0 unspecified atom stereocenters. The SMILES string of the molecule is CCn1ncc(N)c1C(=O)Nc1cccc2cccnc12. The minimum Gasteiger partial charge on any atom is -0.396 e. The first-order valence-electron chi connectivity index (χ1n) is 6.67. The number of rotatable bonds is 3. The summed E-state index contributed by atoms with van der Waals surface area (Å²) in [4.78, 5) is 16.8. The molecule has 0 saturated carbocycles. The van der Waals surface area contributed by atoms with Gasteiger partial charge in [0.25, 0.3) is 5.91 Å². The van der Waals surface area contributed by atoms with E-state index in [4.69, 9.17) is 5.73 Å². The fourth-order valence-electron chi connectivity index (χ4n) is 2.27. The highest BCUT2D eigenvalue weighted by molar-refractivity contribution is 6.09. The number of fused-ring (bicyclic) bond motifs is 1. The van der Waals surface area contributed by atoms with E-state index >= 15 is 0 Å². The van der Waals surface area contributed by atoms with Gasteiger partial charge in [0, 0.05) is 18.1 Å². The molecule has 106 valence electrons. The summed E-state index contributed by atoms with van der Waals surface area (Å²) >= 11 is 0. The van der Waals surface area contributed by atoms with Crippen molar-refractivity contribution in [1.29, 1.82) is 0 Å². The smallest absolute Gasteiger partial charge is 0.276 e. The van der Waals surface area contributed by atoms with Crippen LogP contribution >= 0.6 is 0 Å². The molecule has 6 nitrogen and oxygen atoms in total. The van der Waals surface area contributed by atoms with Crippen LogP contribution in [0.25, 0.3) is 10.9 Å². The molecule has 0 aliphatic carbocycles. The minimum absolute atomic E-state index is 0.287. The summed E-state index contributed by atoms with van der Waals surface area (Å²) in [6.45, 7) is 2.48. The maximum Gasteiger partial charge on any atom is 0.276 e. The number of nitrogen functional groups attached to an aromatic ring is 1. The van der Waals surface area contributed by atoms with Crippen LogP contribution in [-0.4, -0.2) is 20.7 Å². The van der Waals surface area contributed by atoms with Crippen LogP contribution in [0, 0.1) is 0 Å². The van der Waals surface area contributed by atoms with Crippen molar-refractivity contribution in [2.45, 2.75) is 13.5 Å². The number of para-hydroxylation sites is 1. The molecule has 3 aromatic rings. The van der Waals surface area contributed by atoms with Crippen molar-refractivity contribution in [2.75, 3.05) is 11.1 Å². The summed E-state index contributed by atoms with van der Waals surface area (Å²) in [7, 11) is 0. The number of amides is 1. The van der Waals surface area contributed by atoms with Crippen LogP contribution in [0.3, 0.4) is 0 Å². The van der Waals surface area contributed by atoms with Gasteiger partial charge in [0.15, 0.2) is 0 Å². The predicted molar refractivity (Wildman–Crippen MR) is 82.0 cm³/mol. The maximum atomic E-state index is 12.4. The number of benzene rings is 1. The predicted octanol–water partition coefficient (Wildman–Crippen LogP) is 2.29. The first kappa shape index (κ1) is 13.1. The number of aromatic nitrogens is 3. The molecule has 0 aliphatic rings. The van der Waals surface area contributed by atoms with E-state index in [1.54, 1.807) is 10.9 Å². The molecular weight excluding hydrogens is 266 g/mol. The molecule has 2 aromatic heterocycles. The normalized spacial score (nSPS) is 10.7. The number of hydrogen-bond donors (Lipinski definition) is 2. The molecular formula is C15H15N5O. The van der Waals surface area contributed by atoms with Crippen molar-refractivity contribution in [1.82, 2.24) is 14.8 Å². The first-order valence-corrected chi connectivity index (χ1v) is 6.67. The van der Waals surface area contributed by atoms with Crippen molar-refractivity contribution in [3.63, 3.8) is 0 Å². The molecule has 0 atom stereocenters. The van der Waals surface area contributed by atoms with Gasteiger partial charge in [-0.15, -0.1) is 0 Å². The van der Waals surface area contributed by atoms with Gasteiger partial charge in [0.05, 0.1) is 23.1 Å². The van der Waals surface area contributed by atoms with Gasteiger partial charge in [-0.05, 0) is 19.1 Å². The van der Waals surface area contributed by atoms with Crippen LogP contribution < -0.4 is 11.1 Å². The third-order valence-corrected chi connectivity index (χ3v) is 3.26. The Morgan fingerprint density at radius 2 is 2.14 bits per heavy atom. The summed E-state index contributed by atoms with van der Waals surface area (Å²) in [5, 5.41) is 7.90. The summed E-state index contributed by atoms with van der Waals surface area (Å²) in [6, 6.07) is 9.44. The molecule has 2 heterocycles. The molecule has 1 amide bonds. The lowest BCUT2D eigenvalue weighted by Gasteiger charge is -2.09. The number of aryl methyl sites for hydroxylation is 1. The Bertz CT molecular complexity index is 803. The molecule has 0 radical (unpaired) electrons. The van der Waals surface area contributed by atoms with Gasteiger partial charge >= 0.3 is 0 Å². The Labute approximate surface area is 121 Å². The number of pyridine rings is 1. The van der Waals surface area contributed by atoms with Crippen LogP contribution in [-0.2, 0) is 6.54 Å². The first-order chi connectivity index (χ1) is 10.2. The Balaban J connectivity index is 1.99. The second-order valence-electron chi connectivity index (χ2n) is 4.60. The molecule has 0 fully saturated rings. The zero-order valence-corrected chi connectivity index (χ0v) is 11.6. The van der Waals surface area contributed by atoms with Gasteiger partial charge in [-0.3, -0.25) is 14.5 Å². The number of carbonyl (C=O) groups excluding carboxylic acids is 1. The highest BCUT2D eigenvalue weighted by Crippen LogP contribution is 2.22. The second-order valence-corrected chi connectivity index (χ2v) is 4.60. The van der Waals surface area contributed by atoms with Crippen molar-refractivity contribution < 1.29 is 4.79 Å². The Kier molecular flexibility index (Phi) is 3.27. The Morgan fingerprint density at radius 3 is 2.95 bits per heavy atom. The lowest BCUT2D eigenvalue weighted by Crippen LogP contribution is -2.19. The highest BCUT2D eigenvalue weighted by Gasteiger charge is 2.17. The molecule has 21 heavy (non-hydrogen) atoms. The molecule has 0 bridgehead atoms. The molecule has 1 aromatic carbocycles. The summed E-state index contributed by atoms with van der Waals surface area (Å²) in [5.74, 6) is -0.287. The largest absolute Gasteiger partial charge is 0.396 e. The average Bonchev–Trinajstić information content (AvgIpc) is 2.88. The van der Waals surface area contributed by atoms with E-state index in [1.165, 1.54) is 6.20 Å². The third kappa shape index (κ3) is 2.31. The van der Waals surface area contributed by atoms with Gasteiger partial charge in [0.2, 0.25) is 0 Å². The lowest BCUT2D eigenvalue weighted by atomic mass is 10.2. The highest BCUT2D eigenvalue weighted by atomic mass is 16.2. The zero-order valence-electron chi connectivity index (χ0n) is 11.6. The Morgan fingerprint density at radius 1 is 1.33 bits per heavy atom. The van der Waals surface area contributed by atoms with Crippen molar-refractivity contribution in [3.8, 4) is 0 Å². The number of anilines is 2. The number of carbonyl (C=O) groups is 1. The van der Waals surface area contributed by atoms with E-state index in [9.17, 15) is 4.79 Å². The summed E-state index contributed by atoms with van der Waals surface area (Å²) < 4.78 is 1.57. The topological polar surface area (TPSA) is 85.8 Å². The van der Waals surface area contributed by atoms with Gasteiger partial charge in [0.1, 0.15) is 5.69 Å².